The third-order valence-electron chi connectivity index (χ3n) is 4.16. The van der Waals surface area contributed by atoms with Gasteiger partial charge in [-0.1, -0.05) is 37.6 Å². The van der Waals surface area contributed by atoms with Crippen molar-refractivity contribution in [2.45, 2.75) is 38.5 Å². The molecule has 2 rings (SSSR count). The summed E-state index contributed by atoms with van der Waals surface area (Å²) in [5.41, 5.74) is 1.99. The van der Waals surface area contributed by atoms with E-state index in [1.807, 2.05) is 31.3 Å². The van der Waals surface area contributed by atoms with E-state index in [-0.39, 0.29) is 5.75 Å². The predicted octanol–water partition coefficient (Wildman–Crippen LogP) is 2.26. The lowest BCUT2D eigenvalue weighted by atomic mass is 10.1. The second kappa shape index (κ2) is 7.38. The molecule has 5 heteroatoms. The maximum atomic E-state index is 12.1. The Morgan fingerprint density at radius 2 is 1.81 bits per heavy atom. The second-order valence-electron chi connectivity index (χ2n) is 6.24. The first kappa shape index (κ1) is 16.5. The van der Waals surface area contributed by atoms with Gasteiger partial charge in [-0.3, -0.25) is 0 Å². The Hall–Kier alpha value is -0.910. The average Bonchev–Trinajstić information content (AvgIpc) is 2.85. The molecule has 0 radical (unpaired) electrons. The molecule has 4 nitrogen and oxygen atoms in total. The highest BCUT2D eigenvalue weighted by Gasteiger charge is 2.22. The number of sulfonamides is 1. The summed E-state index contributed by atoms with van der Waals surface area (Å²) >= 11 is 0. The first-order valence-corrected chi connectivity index (χ1v) is 9.33. The smallest absolute Gasteiger partial charge is 0.215 e. The lowest BCUT2D eigenvalue weighted by molar-refractivity contribution is 0.498. The number of hydrogen-bond acceptors (Lipinski definition) is 3. The lowest BCUT2D eigenvalue weighted by Gasteiger charge is -2.12. The van der Waals surface area contributed by atoms with E-state index < -0.39 is 10.0 Å². The van der Waals surface area contributed by atoms with Crippen molar-refractivity contribution in [3.05, 3.63) is 35.4 Å². The van der Waals surface area contributed by atoms with Crippen molar-refractivity contribution in [3.63, 3.8) is 0 Å². The highest BCUT2D eigenvalue weighted by Crippen LogP contribution is 2.29. The Morgan fingerprint density at radius 1 is 1.14 bits per heavy atom. The van der Waals surface area contributed by atoms with E-state index in [2.05, 4.69) is 17.0 Å². The summed E-state index contributed by atoms with van der Waals surface area (Å²) in [6, 6.07) is 7.73. The van der Waals surface area contributed by atoms with E-state index in [1.54, 1.807) is 0 Å². The van der Waals surface area contributed by atoms with Gasteiger partial charge in [0, 0.05) is 13.1 Å². The van der Waals surface area contributed by atoms with Gasteiger partial charge >= 0.3 is 0 Å². The zero-order chi connectivity index (χ0) is 15.3. The normalized spacial score (nSPS) is 22.6. The number of rotatable bonds is 7. The van der Waals surface area contributed by atoms with Crippen molar-refractivity contribution < 1.29 is 8.42 Å². The van der Waals surface area contributed by atoms with Crippen LogP contribution in [0.4, 0.5) is 0 Å². The molecule has 1 aromatic rings. The summed E-state index contributed by atoms with van der Waals surface area (Å²) in [5, 5.41) is 3.08. The average molecular weight is 310 g/mol. The summed E-state index contributed by atoms with van der Waals surface area (Å²) in [5.74, 6) is 1.31. The van der Waals surface area contributed by atoms with Crippen LogP contribution in [0.15, 0.2) is 24.3 Å². The molecule has 0 spiro atoms. The lowest BCUT2D eigenvalue weighted by Crippen LogP contribution is -2.29. The fourth-order valence-corrected chi connectivity index (χ4v) is 4.21. The van der Waals surface area contributed by atoms with E-state index >= 15 is 0 Å². The molecule has 1 aromatic carbocycles. The largest absolute Gasteiger partial charge is 0.316 e. The first-order valence-electron chi connectivity index (χ1n) is 7.68. The molecular weight excluding hydrogens is 284 g/mol. The first-order chi connectivity index (χ1) is 9.98. The van der Waals surface area contributed by atoms with Crippen molar-refractivity contribution >= 4 is 10.0 Å². The fourth-order valence-electron chi connectivity index (χ4n) is 2.98. The van der Waals surface area contributed by atoms with E-state index in [1.165, 1.54) is 6.42 Å². The minimum absolute atomic E-state index is 0.0646. The van der Waals surface area contributed by atoms with Gasteiger partial charge in [0.1, 0.15) is 0 Å². The standard InChI is InChI=1S/C16H26N2O2S/c1-13-3-4-16(9-13)11-18-21(19,20)12-15-7-5-14(6-8-15)10-17-2/h5-8,13,16-18H,3-4,9-12H2,1-2H3. The van der Waals surface area contributed by atoms with Crippen molar-refractivity contribution in [3.8, 4) is 0 Å². The summed E-state index contributed by atoms with van der Waals surface area (Å²) in [6.45, 7) is 3.62. The van der Waals surface area contributed by atoms with E-state index in [4.69, 9.17) is 0 Å². The van der Waals surface area contributed by atoms with Crippen LogP contribution in [0.3, 0.4) is 0 Å². The van der Waals surface area contributed by atoms with Crippen LogP contribution in [0.1, 0.15) is 37.3 Å². The fraction of sp³-hybridized carbons (Fsp3) is 0.625. The molecule has 0 aromatic heterocycles. The van der Waals surface area contributed by atoms with Crippen LogP contribution >= 0.6 is 0 Å². The Labute approximate surface area is 128 Å². The molecule has 2 atom stereocenters. The molecule has 0 saturated heterocycles. The molecule has 1 fully saturated rings. The molecule has 1 saturated carbocycles. The van der Waals surface area contributed by atoms with E-state index in [0.717, 1.165) is 36.4 Å². The van der Waals surface area contributed by atoms with Crippen LogP contribution in [0.25, 0.3) is 0 Å². The Morgan fingerprint density at radius 3 is 2.38 bits per heavy atom. The van der Waals surface area contributed by atoms with E-state index in [9.17, 15) is 8.42 Å². The second-order valence-corrected chi connectivity index (χ2v) is 8.05. The van der Waals surface area contributed by atoms with E-state index in [0.29, 0.717) is 12.5 Å². The SMILES string of the molecule is CNCc1ccc(CS(=O)(=O)NCC2CCC(C)C2)cc1. The summed E-state index contributed by atoms with van der Waals surface area (Å²) in [6.07, 6.45) is 3.50. The van der Waals surface area contributed by atoms with Gasteiger partial charge in [-0.2, -0.15) is 0 Å². The van der Waals surface area contributed by atoms with Gasteiger partial charge in [0.15, 0.2) is 0 Å². The van der Waals surface area contributed by atoms with Crippen LogP contribution in [0, 0.1) is 11.8 Å². The molecule has 0 aliphatic heterocycles. The third-order valence-corrected chi connectivity index (χ3v) is 5.48. The van der Waals surface area contributed by atoms with Gasteiger partial charge < -0.3 is 5.32 Å². The van der Waals surface area contributed by atoms with Crippen molar-refractivity contribution in [2.24, 2.45) is 11.8 Å². The molecule has 21 heavy (non-hydrogen) atoms. The van der Waals surface area contributed by atoms with Gasteiger partial charge in [0.2, 0.25) is 10.0 Å². The van der Waals surface area contributed by atoms with Crippen LogP contribution in [0.5, 0.6) is 0 Å². The Kier molecular flexibility index (Phi) is 5.79. The predicted molar refractivity (Wildman–Crippen MR) is 86.3 cm³/mol. The van der Waals surface area contributed by atoms with Gasteiger partial charge in [-0.15, -0.1) is 0 Å². The van der Waals surface area contributed by atoms with Crippen molar-refractivity contribution in [1.29, 1.82) is 0 Å². The maximum absolute atomic E-state index is 12.1. The number of benzene rings is 1. The summed E-state index contributed by atoms with van der Waals surface area (Å²) in [7, 11) is -1.34. The monoisotopic (exact) mass is 310 g/mol. The highest BCUT2D eigenvalue weighted by atomic mass is 32.2. The Balaban J connectivity index is 1.85. The summed E-state index contributed by atoms with van der Waals surface area (Å²) in [4.78, 5) is 0. The topological polar surface area (TPSA) is 58.2 Å². The molecule has 0 amide bonds. The molecular formula is C16H26N2O2S. The van der Waals surface area contributed by atoms with Crippen LogP contribution < -0.4 is 10.0 Å². The van der Waals surface area contributed by atoms with Crippen molar-refractivity contribution in [2.75, 3.05) is 13.6 Å². The van der Waals surface area contributed by atoms with Gasteiger partial charge in [0.05, 0.1) is 5.75 Å². The molecule has 0 bridgehead atoms. The zero-order valence-corrected chi connectivity index (χ0v) is 13.7. The number of nitrogens with one attached hydrogen (secondary N) is 2. The maximum Gasteiger partial charge on any atom is 0.215 e. The molecule has 1 aliphatic carbocycles. The summed E-state index contributed by atoms with van der Waals surface area (Å²) < 4.78 is 27.0. The molecule has 2 N–H and O–H groups in total. The molecule has 1 aliphatic rings. The molecule has 2 unspecified atom stereocenters. The van der Waals surface area contributed by atoms with Crippen LogP contribution in [-0.4, -0.2) is 22.0 Å². The van der Waals surface area contributed by atoms with Gasteiger partial charge in [-0.05, 0) is 42.9 Å². The highest BCUT2D eigenvalue weighted by molar-refractivity contribution is 7.88. The van der Waals surface area contributed by atoms with Crippen LogP contribution in [-0.2, 0) is 22.3 Å². The molecule has 118 valence electrons. The minimum atomic E-state index is -3.23. The van der Waals surface area contributed by atoms with Crippen LogP contribution in [0.2, 0.25) is 0 Å². The zero-order valence-electron chi connectivity index (χ0n) is 12.9. The Bertz CT molecular complexity index is 540. The number of hydrogen-bond donors (Lipinski definition) is 2. The third kappa shape index (κ3) is 5.41. The van der Waals surface area contributed by atoms with Gasteiger partial charge in [-0.25, -0.2) is 13.1 Å². The quantitative estimate of drug-likeness (QED) is 0.812. The minimum Gasteiger partial charge on any atom is -0.316 e. The van der Waals surface area contributed by atoms with Crippen molar-refractivity contribution in [1.82, 2.24) is 10.0 Å². The van der Waals surface area contributed by atoms with Gasteiger partial charge in [0.25, 0.3) is 0 Å². The molecule has 0 heterocycles.